The third kappa shape index (κ3) is 2.99. The Bertz CT molecular complexity index is 691. The van der Waals surface area contributed by atoms with Crippen LogP contribution in [0.1, 0.15) is 29.8 Å². The molecule has 1 N–H and O–H groups in total. The van der Waals surface area contributed by atoms with Crippen LogP contribution >= 0.6 is 0 Å². The number of likely N-dealkylation sites (tertiary alicyclic amines) is 1. The van der Waals surface area contributed by atoms with Crippen LogP contribution in [0.2, 0.25) is 0 Å². The van der Waals surface area contributed by atoms with Crippen molar-refractivity contribution in [3.05, 3.63) is 42.5 Å². The first kappa shape index (κ1) is 15.1. The number of rotatable bonds is 3. The number of carbonyl (C=O) groups is 1. The molecule has 4 rings (SSSR count). The number of hydrogen-bond acceptors (Lipinski definition) is 5. The van der Waals surface area contributed by atoms with Gasteiger partial charge in [0.15, 0.2) is 0 Å². The minimum Gasteiger partial charge on any atom is -0.458 e. The van der Waals surface area contributed by atoms with Crippen LogP contribution in [-0.4, -0.2) is 57.2 Å². The number of hydrogen-bond donors (Lipinski definition) is 1. The van der Waals surface area contributed by atoms with Crippen molar-refractivity contribution in [3.8, 4) is 6.01 Å². The van der Waals surface area contributed by atoms with Crippen LogP contribution < -0.4 is 4.74 Å². The lowest BCUT2D eigenvalue weighted by Crippen LogP contribution is -2.50. The molecule has 7 heteroatoms. The van der Waals surface area contributed by atoms with Gasteiger partial charge in [-0.2, -0.15) is 0 Å². The number of nitrogens with one attached hydrogen (secondary N) is 1. The maximum atomic E-state index is 12.6. The highest BCUT2D eigenvalue weighted by Gasteiger charge is 2.45. The molecular weight excluding hydrogens is 308 g/mol. The molecule has 2 aromatic heterocycles. The molecule has 1 spiro atoms. The Hall–Kier alpha value is -2.41. The van der Waals surface area contributed by atoms with E-state index in [-0.39, 0.29) is 17.6 Å². The number of amides is 1. The van der Waals surface area contributed by atoms with Crippen molar-refractivity contribution in [2.75, 3.05) is 19.7 Å². The Morgan fingerprint density at radius 3 is 3.04 bits per heavy atom. The number of ether oxygens (including phenoxy) is 2. The van der Waals surface area contributed by atoms with Crippen LogP contribution in [0, 0.1) is 0 Å². The standard InChI is InChI=1S/C17H20N4O3/c22-15(14-4-1-6-18-14)21-9-2-5-17(12-21)10-13(11-23-17)24-16-19-7-3-8-20-16/h1,3-4,6-8,13,18H,2,5,9-12H2/t13-,17+/m1/s1. The normalized spacial score (nSPS) is 26.7. The molecule has 0 aromatic carbocycles. The summed E-state index contributed by atoms with van der Waals surface area (Å²) in [7, 11) is 0. The van der Waals surface area contributed by atoms with Crippen molar-refractivity contribution in [3.63, 3.8) is 0 Å². The second-order valence-electron chi connectivity index (χ2n) is 6.38. The molecule has 2 saturated heterocycles. The van der Waals surface area contributed by atoms with E-state index in [1.807, 2.05) is 11.0 Å². The van der Waals surface area contributed by atoms with E-state index in [0.717, 1.165) is 25.8 Å². The number of carbonyl (C=O) groups excluding carboxylic acids is 1. The lowest BCUT2D eigenvalue weighted by molar-refractivity contribution is -0.0454. The summed E-state index contributed by atoms with van der Waals surface area (Å²) in [5, 5.41) is 0. The summed E-state index contributed by atoms with van der Waals surface area (Å²) in [5.41, 5.74) is 0.301. The Kier molecular flexibility index (Phi) is 3.93. The number of piperidine rings is 1. The maximum absolute atomic E-state index is 12.6. The minimum atomic E-state index is -0.319. The van der Waals surface area contributed by atoms with Gasteiger partial charge in [0, 0.05) is 31.6 Å². The number of H-pyrrole nitrogens is 1. The first-order valence-corrected chi connectivity index (χ1v) is 8.24. The molecule has 2 fully saturated rings. The van der Waals surface area contributed by atoms with E-state index in [4.69, 9.17) is 9.47 Å². The van der Waals surface area contributed by atoms with Gasteiger partial charge in [0.05, 0.1) is 18.8 Å². The summed E-state index contributed by atoms with van der Waals surface area (Å²) in [6.07, 6.45) is 7.63. The fourth-order valence-electron chi connectivity index (χ4n) is 3.56. The van der Waals surface area contributed by atoms with Crippen molar-refractivity contribution in [1.82, 2.24) is 19.9 Å². The minimum absolute atomic E-state index is 0.0263. The predicted octanol–water partition coefficient (Wildman–Crippen LogP) is 1.65. The Balaban J connectivity index is 1.41. The van der Waals surface area contributed by atoms with Gasteiger partial charge in [-0.1, -0.05) is 0 Å². The average Bonchev–Trinajstić information content (AvgIpc) is 3.26. The Morgan fingerprint density at radius 2 is 2.25 bits per heavy atom. The van der Waals surface area contributed by atoms with Gasteiger partial charge >= 0.3 is 6.01 Å². The Morgan fingerprint density at radius 1 is 1.38 bits per heavy atom. The fraction of sp³-hybridized carbons (Fsp3) is 0.471. The van der Waals surface area contributed by atoms with Crippen molar-refractivity contribution in [1.29, 1.82) is 0 Å². The lowest BCUT2D eigenvalue weighted by atomic mass is 9.89. The first-order valence-electron chi connectivity index (χ1n) is 8.24. The van der Waals surface area contributed by atoms with Gasteiger partial charge in [-0.25, -0.2) is 9.97 Å². The monoisotopic (exact) mass is 328 g/mol. The van der Waals surface area contributed by atoms with E-state index < -0.39 is 0 Å². The Labute approximate surface area is 140 Å². The largest absolute Gasteiger partial charge is 0.458 e. The zero-order chi connectivity index (χ0) is 16.4. The van der Waals surface area contributed by atoms with Crippen LogP contribution in [0.5, 0.6) is 6.01 Å². The predicted molar refractivity (Wildman–Crippen MR) is 85.7 cm³/mol. The molecule has 2 aromatic rings. The molecule has 2 atom stereocenters. The van der Waals surface area contributed by atoms with Gasteiger partial charge in [0.25, 0.3) is 5.91 Å². The third-order valence-electron chi connectivity index (χ3n) is 4.64. The summed E-state index contributed by atoms with van der Waals surface area (Å²) in [6.45, 7) is 1.86. The fourth-order valence-corrected chi connectivity index (χ4v) is 3.56. The highest BCUT2D eigenvalue weighted by molar-refractivity contribution is 5.92. The van der Waals surface area contributed by atoms with Gasteiger partial charge in [-0.05, 0) is 31.0 Å². The second kappa shape index (κ2) is 6.24. The molecular formula is C17H20N4O3. The number of aromatic nitrogens is 3. The zero-order valence-corrected chi connectivity index (χ0v) is 13.4. The second-order valence-corrected chi connectivity index (χ2v) is 6.38. The van der Waals surface area contributed by atoms with E-state index in [0.29, 0.717) is 24.9 Å². The quantitative estimate of drug-likeness (QED) is 0.926. The van der Waals surface area contributed by atoms with E-state index in [2.05, 4.69) is 15.0 Å². The van der Waals surface area contributed by atoms with E-state index in [1.165, 1.54) is 0 Å². The van der Waals surface area contributed by atoms with Crippen LogP contribution in [0.25, 0.3) is 0 Å². The molecule has 0 aliphatic carbocycles. The summed E-state index contributed by atoms with van der Waals surface area (Å²) >= 11 is 0. The third-order valence-corrected chi connectivity index (χ3v) is 4.64. The van der Waals surface area contributed by atoms with Gasteiger partial charge < -0.3 is 19.4 Å². The molecule has 0 unspecified atom stereocenters. The lowest BCUT2D eigenvalue weighted by Gasteiger charge is -2.39. The highest BCUT2D eigenvalue weighted by atomic mass is 16.6. The van der Waals surface area contributed by atoms with Crippen molar-refractivity contribution in [2.24, 2.45) is 0 Å². The van der Waals surface area contributed by atoms with Crippen molar-refractivity contribution >= 4 is 5.91 Å². The average molecular weight is 328 g/mol. The molecule has 7 nitrogen and oxygen atoms in total. The SMILES string of the molecule is O=C(c1ccc[nH]1)N1CCC[C@]2(C[C@@H](Oc3ncccn3)CO2)C1. The van der Waals surface area contributed by atoms with Crippen LogP contribution in [-0.2, 0) is 4.74 Å². The zero-order valence-electron chi connectivity index (χ0n) is 13.4. The molecule has 2 aliphatic rings. The topological polar surface area (TPSA) is 80.3 Å². The molecule has 2 aliphatic heterocycles. The van der Waals surface area contributed by atoms with E-state index >= 15 is 0 Å². The molecule has 1 amide bonds. The molecule has 4 heterocycles. The van der Waals surface area contributed by atoms with Gasteiger partial charge in [0.2, 0.25) is 0 Å². The summed E-state index contributed by atoms with van der Waals surface area (Å²) in [4.78, 5) is 25.6. The number of aromatic amines is 1. The highest BCUT2D eigenvalue weighted by Crippen LogP contribution is 2.36. The van der Waals surface area contributed by atoms with Crippen LogP contribution in [0.3, 0.4) is 0 Å². The van der Waals surface area contributed by atoms with Gasteiger partial charge in [-0.3, -0.25) is 4.79 Å². The van der Waals surface area contributed by atoms with Crippen molar-refractivity contribution < 1.29 is 14.3 Å². The molecule has 24 heavy (non-hydrogen) atoms. The van der Waals surface area contributed by atoms with E-state index in [9.17, 15) is 4.79 Å². The molecule has 0 saturated carbocycles. The molecule has 0 bridgehead atoms. The van der Waals surface area contributed by atoms with Gasteiger partial charge in [0.1, 0.15) is 11.8 Å². The molecule has 126 valence electrons. The van der Waals surface area contributed by atoms with Gasteiger partial charge in [-0.15, -0.1) is 0 Å². The summed E-state index contributed by atoms with van der Waals surface area (Å²) in [5.74, 6) is 0.0263. The molecule has 0 radical (unpaired) electrons. The van der Waals surface area contributed by atoms with Crippen LogP contribution in [0.15, 0.2) is 36.8 Å². The first-order chi connectivity index (χ1) is 11.7. The summed E-state index contributed by atoms with van der Waals surface area (Å²) in [6, 6.07) is 5.77. The summed E-state index contributed by atoms with van der Waals surface area (Å²) < 4.78 is 11.9. The maximum Gasteiger partial charge on any atom is 0.316 e. The number of nitrogens with zero attached hydrogens (tertiary/aromatic N) is 3. The van der Waals surface area contributed by atoms with E-state index in [1.54, 1.807) is 30.7 Å². The van der Waals surface area contributed by atoms with Crippen molar-refractivity contribution in [2.45, 2.75) is 31.0 Å². The smallest absolute Gasteiger partial charge is 0.316 e. The van der Waals surface area contributed by atoms with Crippen LogP contribution in [0.4, 0.5) is 0 Å².